The molecule has 3 heterocycles. The van der Waals surface area contributed by atoms with Crippen LogP contribution in [0.3, 0.4) is 0 Å². The smallest absolute Gasteiger partial charge is 0.267 e. The first-order chi connectivity index (χ1) is 15.0. The predicted molar refractivity (Wildman–Crippen MR) is 128 cm³/mol. The fourth-order valence-corrected chi connectivity index (χ4v) is 4.91. The Kier molecular flexibility index (Phi) is 6.69. The molecule has 1 aliphatic rings. The molecule has 0 saturated carbocycles. The van der Waals surface area contributed by atoms with Crippen molar-refractivity contribution >= 4 is 67.0 Å². The number of amidine groups is 1. The van der Waals surface area contributed by atoms with Crippen LogP contribution >= 0.6 is 43.6 Å². The van der Waals surface area contributed by atoms with Gasteiger partial charge in [0.15, 0.2) is 5.17 Å². The normalized spacial score (nSPS) is 16.8. The van der Waals surface area contributed by atoms with Gasteiger partial charge in [-0.25, -0.2) is 0 Å². The monoisotopic (exact) mass is 560 g/mol. The molecule has 1 fully saturated rings. The zero-order chi connectivity index (χ0) is 21.8. The van der Waals surface area contributed by atoms with E-state index in [2.05, 4.69) is 47.0 Å². The van der Waals surface area contributed by atoms with Crippen LogP contribution in [0.2, 0.25) is 0 Å². The number of pyridine rings is 1. The molecule has 2 aromatic heterocycles. The topological polar surface area (TPSA) is 91.3 Å². The predicted octanol–water partition coefficient (Wildman–Crippen LogP) is 5.41. The van der Waals surface area contributed by atoms with Gasteiger partial charge in [0.05, 0.1) is 28.4 Å². The lowest BCUT2D eigenvalue weighted by molar-refractivity contribution is -0.122. The van der Waals surface area contributed by atoms with Crippen LogP contribution in [0.4, 0.5) is 0 Å². The van der Waals surface area contributed by atoms with Gasteiger partial charge in [0.25, 0.3) is 5.91 Å². The van der Waals surface area contributed by atoms with Gasteiger partial charge in [0.1, 0.15) is 11.5 Å². The number of amides is 1. The standard InChI is InChI=1S/C21H14Br2N4O3S/c22-15-8-14(19(28)17(23)9-15)11-25-26-21-27(12-16-4-2-6-30-16)20(29)18(31-21)7-13-3-1-5-24-10-13/h1-11,28H,12H2/b18-7-,25-11-,26-21+. The van der Waals surface area contributed by atoms with Crippen molar-refractivity contribution in [2.75, 3.05) is 0 Å². The first-order valence-corrected chi connectivity index (χ1v) is 11.3. The van der Waals surface area contributed by atoms with Gasteiger partial charge in [-0.3, -0.25) is 14.7 Å². The Morgan fingerprint density at radius 3 is 2.87 bits per heavy atom. The Hall–Kier alpha value is -2.69. The minimum Gasteiger partial charge on any atom is -0.506 e. The van der Waals surface area contributed by atoms with Crippen molar-refractivity contribution in [1.82, 2.24) is 9.88 Å². The maximum absolute atomic E-state index is 13.0. The Bertz CT molecular complexity index is 1190. The van der Waals surface area contributed by atoms with Crippen molar-refractivity contribution < 1.29 is 14.3 Å². The summed E-state index contributed by atoms with van der Waals surface area (Å²) in [6.07, 6.45) is 8.10. The number of aromatic nitrogens is 1. The van der Waals surface area contributed by atoms with Gasteiger partial charge >= 0.3 is 0 Å². The summed E-state index contributed by atoms with van der Waals surface area (Å²) in [4.78, 5) is 19.1. The van der Waals surface area contributed by atoms with Crippen molar-refractivity contribution in [2.45, 2.75) is 6.54 Å². The van der Waals surface area contributed by atoms with E-state index < -0.39 is 0 Å². The molecule has 7 nitrogen and oxygen atoms in total. The minimum atomic E-state index is -0.202. The third-order valence-corrected chi connectivity index (χ3v) is 6.22. The molecule has 1 amide bonds. The molecule has 0 unspecified atom stereocenters. The van der Waals surface area contributed by atoms with Crippen LogP contribution in [-0.2, 0) is 11.3 Å². The molecule has 4 rings (SSSR count). The molecular formula is C21H14Br2N4O3S. The maximum atomic E-state index is 13.0. The minimum absolute atomic E-state index is 0.0481. The lowest BCUT2D eigenvalue weighted by Gasteiger charge is -2.12. The van der Waals surface area contributed by atoms with Gasteiger partial charge in [-0.05, 0) is 69.7 Å². The van der Waals surface area contributed by atoms with E-state index in [1.165, 1.54) is 22.9 Å². The number of phenols is 1. The van der Waals surface area contributed by atoms with Crippen LogP contribution in [0, 0.1) is 0 Å². The molecule has 1 aliphatic heterocycles. The Labute approximate surface area is 198 Å². The third kappa shape index (κ3) is 5.15. The highest BCUT2D eigenvalue weighted by Crippen LogP contribution is 2.34. The van der Waals surface area contributed by atoms with Crippen molar-refractivity contribution in [3.8, 4) is 5.75 Å². The Balaban J connectivity index is 1.64. The summed E-state index contributed by atoms with van der Waals surface area (Å²) >= 11 is 7.88. The van der Waals surface area contributed by atoms with E-state index in [9.17, 15) is 9.90 Å². The summed E-state index contributed by atoms with van der Waals surface area (Å²) in [5, 5.41) is 18.9. The lowest BCUT2D eigenvalue weighted by atomic mass is 10.2. The summed E-state index contributed by atoms with van der Waals surface area (Å²) < 4.78 is 6.70. The van der Waals surface area contributed by atoms with E-state index in [4.69, 9.17) is 4.42 Å². The van der Waals surface area contributed by atoms with Crippen LogP contribution in [0.1, 0.15) is 16.9 Å². The average Bonchev–Trinajstić information content (AvgIpc) is 3.36. The molecule has 1 aromatic carbocycles. The number of thioether (sulfide) groups is 1. The SMILES string of the molecule is O=C1/C(=C/c2cccnc2)S/C(=N/N=C\c2cc(Br)cc(Br)c2O)N1Cc1ccco1. The number of hydrogen-bond donors (Lipinski definition) is 1. The summed E-state index contributed by atoms with van der Waals surface area (Å²) in [6, 6.07) is 10.7. The second kappa shape index (κ2) is 9.63. The first kappa shape index (κ1) is 21.5. The molecule has 3 aromatic rings. The molecular weight excluding hydrogens is 548 g/mol. The van der Waals surface area contributed by atoms with E-state index in [-0.39, 0.29) is 18.2 Å². The number of aromatic hydroxyl groups is 1. The summed E-state index contributed by atoms with van der Waals surface area (Å²) in [7, 11) is 0. The van der Waals surface area contributed by atoms with E-state index >= 15 is 0 Å². The third-order valence-electron chi connectivity index (χ3n) is 4.16. The number of rotatable bonds is 5. The highest BCUT2D eigenvalue weighted by atomic mass is 79.9. The molecule has 0 bridgehead atoms. The molecule has 1 N–H and O–H groups in total. The Morgan fingerprint density at radius 2 is 2.13 bits per heavy atom. The molecule has 10 heteroatoms. The van der Waals surface area contributed by atoms with Crippen molar-refractivity contribution in [1.29, 1.82) is 0 Å². The van der Waals surface area contributed by atoms with E-state index in [1.54, 1.807) is 55.1 Å². The molecule has 0 atom stereocenters. The summed E-state index contributed by atoms with van der Waals surface area (Å²) in [6.45, 7) is 0.227. The number of nitrogens with zero attached hydrogens (tertiary/aromatic N) is 4. The van der Waals surface area contributed by atoms with Crippen LogP contribution in [0.5, 0.6) is 5.75 Å². The number of carbonyl (C=O) groups is 1. The Morgan fingerprint density at radius 1 is 1.26 bits per heavy atom. The molecule has 1 saturated heterocycles. The number of hydrogen-bond acceptors (Lipinski definition) is 7. The highest BCUT2D eigenvalue weighted by Gasteiger charge is 2.34. The van der Waals surface area contributed by atoms with Gasteiger partial charge in [0, 0.05) is 22.4 Å². The van der Waals surface area contributed by atoms with Gasteiger partial charge < -0.3 is 9.52 Å². The highest BCUT2D eigenvalue weighted by molar-refractivity contribution is 9.11. The van der Waals surface area contributed by atoms with E-state index in [0.717, 1.165) is 10.0 Å². The average molecular weight is 562 g/mol. The molecule has 156 valence electrons. The van der Waals surface area contributed by atoms with E-state index in [0.29, 0.717) is 25.9 Å². The van der Waals surface area contributed by atoms with Gasteiger partial charge in [-0.2, -0.15) is 5.10 Å². The van der Waals surface area contributed by atoms with Crippen LogP contribution in [0.25, 0.3) is 6.08 Å². The number of phenolic OH excluding ortho intramolecular Hbond substituents is 1. The fourth-order valence-electron chi connectivity index (χ4n) is 2.72. The van der Waals surface area contributed by atoms with Crippen molar-refractivity contribution in [3.05, 3.63) is 85.8 Å². The summed E-state index contributed by atoms with van der Waals surface area (Å²) in [5.41, 5.74) is 1.29. The van der Waals surface area contributed by atoms with Gasteiger partial charge in [-0.15, -0.1) is 5.10 Å². The van der Waals surface area contributed by atoms with Crippen LogP contribution in [0.15, 0.2) is 83.5 Å². The largest absolute Gasteiger partial charge is 0.506 e. The first-order valence-electron chi connectivity index (χ1n) is 8.94. The number of benzene rings is 1. The zero-order valence-corrected chi connectivity index (χ0v) is 19.8. The van der Waals surface area contributed by atoms with Gasteiger partial charge in [-0.1, -0.05) is 22.0 Å². The lowest BCUT2D eigenvalue weighted by Crippen LogP contribution is -2.28. The molecule has 0 spiro atoms. The number of carbonyl (C=O) groups excluding carboxylic acids is 1. The second-order valence-electron chi connectivity index (χ2n) is 6.32. The molecule has 0 aliphatic carbocycles. The van der Waals surface area contributed by atoms with E-state index in [1.807, 2.05) is 6.07 Å². The van der Waals surface area contributed by atoms with Crippen molar-refractivity contribution in [2.24, 2.45) is 10.2 Å². The fraction of sp³-hybridized carbons (Fsp3) is 0.0476. The molecule has 31 heavy (non-hydrogen) atoms. The second-order valence-corrected chi connectivity index (χ2v) is 9.10. The molecule has 0 radical (unpaired) electrons. The van der Waals surface area contributed by atoms with Crippen LogP contribution in [-0.4, -0.2) is 32.3 Å². The van der Waals surface area contributed by atoms with Crippen LogP contribution < -0.4 is 0 Å². The zero-order valence-electron chi connectivity index (χ0n) is 15.8. The quantitative estimate of drug-likeness (QED) is 0.255. The maximum Gasteiger partial charge on any atom is 0.267 e. The summed E-state index contributed by atoms with van der Waals surface area (Å²) in [5.74, 6) is 0.473. The number of halogens is 2. The van der Waals surface area contributed by atoms with Crippen molar-refractivity contribution in [3.63, 3.8) is 0 Å². The number of furan rings is 1. The van der Waals surface area contributed by atoms with Gasteiger partial charge in [0.2, 0.25) is 0 Å².